The Bertz CT molecular complexity index is 436. The van der Waals surface area contributed by atoms with E-state index in [2.05, 4.69) is 25.1 Å². The second kappa shape index (κ2) is 5.71. The SMILES string of the molecule is COc1ccc(CC2CC(C)=CCN2C=O)cc1. The van der Waals surface area contributed by atoms with Crippen molar-refractivity contribution in [3.63, 3.8) is 0 Å². The van der Waals surface area contributed by atoms with Gasteiger partial charge in [-0.05, 0) is 37.5 Å². The molecular formula is C15H19NO2. The number of ether oxygens (including phenoxy) is 1. The van der Waals surface area contributed by atoms with E-state index < -0.39 is 0 Å². The van der Waals surface area contributed by atoms with Crippen molar-refractivity contribution < 1.29 is 9.53 Å². The lowest BCUT2D eigenvalue weighted by Gasteiger charge is -2.31. The summed E-state index contributed by atoms with van der Waals surface area (Å²) in [5, 5.41) is 0. The van der Waals surface area contributed by atoms with E-state index in [0.717, 1.165) is 31.5 Å². The maximum Gasteiger partial charge on any atom is 0.210 e. The topological polar surface area (TPSA) is 29.5 Å². The van der Waals surface area contributed by atoms with Gasteiger partial charge in [-0.25, -0.2) is 0 Å². The van der Waals surface area contributed by atoms with Crippen LogP contribution >= 0.6 is 0 Å². The number of hydrogen-bond donors (Lipinski definition) is 0. The van der Waals surface area contributed by atoms with Crippen molar-refractivity contribution >= 4 is 6.41 Å². The molecule has 1 aliphatic rings. The van der Waals surface area contributed by atoms with E-state index in [4.69, 9.17) is 4.74 Å². The molecule has 0 aromatic heterocycles. The van der Waals surface area contributed by atoms with Crippen LogP contribution in [0.15, 0.2) is 35.9 Å². The molecule has 0 fully saturated rings. The number of hydrogen-bond acceptors (Lipinski definition) is 2. The fourth-order valence-corrected chi connectivity index (χ4v) is 2.33. The molecule has 96 valence electrons. The number of rotatable bonds is 4. The molecule has 0 aliphatic carbocycles. The molecule has 1 amide bonds. The number of amides is 1. The summed E-state index contributed by atoms with van der Waals surface area (Å²) in [5.74, 6) is 0.866. The summed E-state index contributed by atoms with van der Waals surface area (Å²) >= 11 is 0. The molecule has 1 atom stereocenters. The van der Waals surface area contributed by atoms with Crippen LogP contribution < -0.4 is 4.74 Å². The molecule has 0 saturated heterocycles. The molecule has 2 rings (SSSR count). The summed E-state index contributed by atoms with van der Waals surface area (Å²) < 4.78 is 5.14. The summed E-state index contributed by atoms with van der Waals surface area (Å²) in [7, 11) is 1.67. The lowest BCUT2D eigenvalue weighted by atomic mass is 9.95. The highest BCUT2D eigenvalue weighted by Crippen LogP contribution is 2.21. The zero-order valence-electron chi connectivity index (χ0n) is 10.9. The molecule has 1 unspecified atom stereocenters. The van der Waals surface area contributed by atoms with Gasteiger partial charge >= 0.3 is 0 Å². The summed E-state index contributed by atoms with van der Waals surface area (Å²) in [6, 6.07) is 8.34. The molecule has 1 heterocycles. The number of methoxy groups -OCH3 is 1. The monoisotopic (exact) mass is 245 g/mol. The Labute approximate surface area is 108 Å². The summed E-state index contributed by atoms with van der Waals surface area (Å²) in [5.41, 5.74) is 2.61. The molecule has 3 nitrogen and oxygen atoms in total. The van der Waals surface area contributed by atoms with E-state index in [1.807, 2.05) is 17.0 Å². The van der Waals surface area contributed by atoms with Gasteiger partial charge in [0.25, 0.3) is 0 Å². The highest BCUT2D eigenvalue weighted by Gasteiger charge is 2.20. The highest BCUT2D eigenvalue weighted by atomic mass is 16.5. The van der Waals surface area contributed by atoms with Gasteiger partial charge in [0.15, 0.2) is 0 Å². The fourth-order valence-electron chi connectivity index (χ4n) is 2.33. The predicted molar refractivity (Wildman–Crippen MR) is 71.6 cm³/mol. The Morgan fingerprint density at radius 3 is 2.72 bits per heavy atom. The van der Waals surface area contributed by atoms with E-state index in [1.54, 1.807) is 7.11 Å². The van der Waals surface area contributed by atoms with Crippen LogP contribution in [0.2, 0.25) is 0 Å². The first kappa shape index (κ1) is 12.7. The molecule has 3 heteroatoms. The Hall–Kier alpha value is -1.77. The second-order valence-corrected chi connectivity index (χ2v) is 4.76. The lowest BCUT2D eigenvalue weighted by molar-refractivity contribution is -0.119. The number of carbonyl (C=O) groups is 1. The average molecular weight is 245 g/mol. The van der Waals surface area contributed by atoms with Crippen molar-refractivity contribution in [2.24, 2.45) is 0 Å². The second-order valence-electron chi connectivity index (χ2n) is 4.76. The number of nitrogens with zero attached hydrogens (tertiary/aromatic N) is 1. The molecule has 0 saturated carbocycles. The molecular weight excluding hydrogens is 226 g/mol. The van der Waals surface area contributed by atoms with Crippen molar-refractivity contribution in [2.45, 2.75) is 25.8 Å². The molecule has 1 aromatic rings. The van der Waals surface area contributed by atoms with Crippen molar-refractivity contribution in [1.82, 2.24) is 4.90 Å². The average Bonchev–Trinajstić information content (AvgIpc) is 2.40. The van der Waals surface area contributed by atoms with E-state index in [-0.39, 0.29) is 6.04 Å². The normalized spacial score (nSPS) is 19.3. The van der Waals surface area contributed by atoms with Crippen LogP contribution in [0.1, 0.15) is 18.9 Å². The van der Waals surface area contributed by atoms with Gasteiger partial charge in [-0.1, -0.05) is 23.8 Å². The van der Waals surface area contributed by atoms with Crippen LogP contribution in [0.3, 0.4) is 0 Å². The smallest absolute Gasteiger partial charge is 0.210 e. The van der Waals surface area contributed by atoms with E-state index in [9.17, 15) is 4.79 Å². The van der Waals surface area contributed by atoms with Crippen molar-refractivity contribution in [3.05, 3.63) is 41.5 Å². The van der Waals surface area contributed by atoms with Gasteiger partial charge < -0.3 is 9.64 Å². The van der Waals surface area contributed by atoms with Gasteiger partial charge in [0.05, 0.1) is 7.11 Å². The van der Waals surface area contributed by atoms with Crippen LogP contribution in [0.25, 0.3) is 0 Å². The van der Waals surface area contributed by atoms with E-state index in [0.29, 0.717) is 0 Å². The van der Waals surface area contributed by atoms with E-state index >= 15 is 0 Å². The number of benzene rings is 1. The molecule has 1 aliphatic heterocycles. The van der Waals surface area contributed by atoms with Crippen molar-refractivity contribution in [1.29, 1.82) is 0 Å². The van der Waals surface area contributed by atoms with Crippen LogP contribution in [0.4, 0.5) is 0 Å². The predicted octanol–water partition coefficient (Wildman–Crippen LogP) is 2.41. The Morgan fingerprint density at radius 2 is 2.11 bits per heavy atom. The zero-order valence-corrected chi connectivity index (χ0v) is 10.9. The van der Waals surface area contributed by atoms with Gasteiger partial charge in [0, 0.05) is 12.6 Å². The molecule has 0 N–H and O–H groups in total. The van der Waals surface area contributed by atoms with Crippen molar-refractivity contribution in [2.75, 3.05) is 13.7 Å². The van der Waals surface area contributed by atoms with Gasteiger partial charge in [-0.15, -0.1) is 0 Å². The Morgan fingerprint density at radius 1 is 1.39 bits per heavy atom. The first-order valence-corrected chi connectivity index (χ1v) is 6.22. The first-order valence-electron chi connectivity index (χ1n) is 6.22. The van der Waals surface area contributed by atoms with Gasteiger partial charge in [-0.3, -0.25) is 4.79 Å². The Balaban J connectivity index is 2.06. The van der Waals surface area contributed by atoms with Gasteiger partial charge in [-0.2, -0.15) is 0 Å². The van der Waals surface area contributed by atoms with Crippen LogP contribution in [-0.4, -0.2) is 31.0 Å². The van der Waals surface area contributed by atoms with Crippen LogP contribution in [0, 0.1) is 0 Å². The lowest BCUT2D eigenvalue weighted by Crippen LogP contribution is -2.38. The minimum Gasteiger partial charge on any atom is -0.497 e. The summed E-state index contributed by atoms with van der Waals surface area (Å²) in [6.07, 6.45) is 4.94. The fraction of sp³-hybridized carbons (Fsp3) is 0.400. The molecule has 18 heavy (non-hydrogen) atoms. The standard InChI is InChI=1S/C15H19NO2/c1-12-7-8-16(11-17)14(9-12)10-13-3-5-15(18-2)6-4-13/h3-7,11,14H,8-10H2,1-2H3. The molecule has 1 aromatic carbocycles. The molecule has 0 radical (unpaired) electrons. The molecule has 0 spiro atoms. The zero-order chi connectivity index (χ0) is 13.0. The molecule has 0 bridgehead atoms. The third kappa shape index (κ3) is 2.92. The minimum atomic E-state index is 0.279. The summed E-state index contributed by atoms with van der Waals surface area (Å²) in [4.78, 5) is 12.9. The third-order valence-corrected chi connectivity index (χ3v) is 3.44. The maximum atomic E-state index is 11.0. The van der Waals surface area contributed by atoms with Crippen LogP contribution in [0.5, 0.6) is 5.75 Å². The van der Waals surface area contributed by atoms with Crippen LogP contribution in [-0.2, 0) is 11.2 Å². The highest BCUT2D eigenvalue weighted by molar-refractivity contribution is 5.49. The minimum absolute atomic E-state index is 0.279. The quantitative estimate of drug-likeness (QED) is 0.602. The first-order chi connectivity index (χ1) is 8.72. The Kier molecular flexibility index (Phi) is 4.03. The van der Waals surface area contributed by atoms with E-state index in [1.165, 1.54) is 11.1 Å². The summed E-state index contributed by atoms with van der Waals surface area (Å²) in [6.45, 7) is 2.86. The number of carbonyl (C=O) groups excluding carboxylic acids is 1. The van der Waals surface area contributed by atoms with Crippen molar-refractivity contribution in [3.8, 4) is 5.75 Å². The van der Waals surface area contributed by atoms with Gasteiger partial charge in [0.2, 0.25) is 6.41 Å². The maximum absolute atomic E-state index is 11.0. The van der Waals surface area contributed by atoms with Gasteiger partial charge in [0.1, 0.15) is 5.75 Å². The third-order valence-electron chi connectivity index (χ3n) is 3.44. The largest absolute Gasteiger partial charge is 0.497 e.